The number of nitrogen functional groups attached to an aromatic ring is 1. The Morgan fingerprint density at radius 3 is 3.00 bits per heavy atom. The maximum atomic E-state index is 9.62. The summed E-state index contributed by atoms with van der Waals surface area (Å²) in [6.07, 6.45) is 8.02. The molecule has 0 aliphatic heterocycles. The lowest BCUT2D eigenvalue weighted by Crippen LogP contribution is -2.27. The standard InChI is InChI=1S/C14H16N5O/c1-18-4-2-3-10(8-18)5-11-6-16-14-12(15)7-17-19(14)13(11)9-20/h2-4,6-8,20H,5,9,15H2,1H3/q+1. The van der Waals surface area contributed by atoms with Crippen LogP contribution in [-0.2, 0) is 20.1 Å². The Bertz CT molecular complexity index is 765. The monoisotopic (exact) mass is 270 g/mol. The first-order valence-corrected chi connectivity index (χ1v) is 6.34. The van der Waals surface area contributed by atoms with Crippen LogP contribution in [0, 0.1) is 0 Å². The van der Waals surface area contributed by atoms with E-state index in [1.165, 1.54) is 0 Å². The van der Waals surface area contributed by atoms with Crippen molar-refractivity contribution in [3.8, 4) is 0 Å². The van der Waals surface area contributed by atoms with Crippen molar-refractivity contribution in [1.82, 2.24) is 14.6 Å². The molecule has 3 heterocycles. The number of anilines is 1. The molecular weight excluding hydrogens is 254 g/mol. The summed E-state index contributed by atoms with van der Waals surface area (Å²) < 4.78 is 3.60. The van der Waals surface area contributed by atoms with E-state index in [-0.39, 0.29) is 6.61 Å². The van der Waals surface area contributed by atoms with Gasteiger partial charge in [0.05, 0.1) is 24.2 Å². The molecule has 0 atom stereocenters. The SMILES string of the molecule is C[n+]1cccc(Cc2cnc3c(N)cnn3c2CO)c1. The topological polar surface area (TPSA) is 80.3 Å². The van der Waals surface area contributed by atoms with Crippen LogP contribution in [0.25, 0.3) is 5.65 Å². The molecule has 0 bridgehead atoms. The van der Waals surface area contributed by atoms with E-state index in [0.717, 1.165) is 16.8 Å². The first-order valence-electron chi connectivity index (χ1n) is 6.34. The summed E-state index contributed by atoms with van der Waals surface area (Å²) in [5.41, 5.74) is 9.69. The van der Waals surface area contributed by atoms with Gasteiger partial charge in [-0.2, -0.15) is 5.10 Å². The molecule has 6 nitrogen and oxygen atoms in total. The Balaban J connectivity index is 2.07. The van der Waals surface area contributed by atoms with Crippen LogP contribution in [0.1, 0.15) is 16.8 Å². The van der Waals surface area contributed by atoms with Gasteiger partial charge >= 0.3 is 0 Å². The molecule has 3 aromatic rings. The number of fused-ring (bicyclic) bond motifs is 1. The smallest absolute Gasteiger partial charge is 0.178 e. The van der Waals surface area contributed by atoms with Crippen molar-refractivity contribution in [2.24, 2.45) is 7.05 Å². The maximum Gasteiger partial charge on any atom is 0.178 e. The predicted molar refractivity (Wildman–Crippen MR) is 73.7 cm³/mol. The molecule has 20 heavy (non-hydrogen) atoms. The van der Waals surface area contributed by atoms with Crippen molar-refractivity contribution < 1.29 is 9.67 Å². The number of hydrogen-bond acceptors (Lipinski definition) is 4. The highest BCUT2D eigenvalue weighted by Gasteiger charge is 2.12. The minimum absolute atomic E-state index is 0.103. The van der Waals surface area contributed by atoms with Crippen LogP contribution >= 0.6 is 0 Å². The van der Waals surface area contributed by atoms with Gasteiger partial charge in [0, 0.05) is 24.2 Å². The minimum atomic E-state index is -0.103. The molecule has 0 aliphatic carbocycles. The Morgan fingerprint density at radius 1 is 1.40 bits per heavy atom. The van der Waals surface area contributed by atoms with Gasteiger partial charge in [0.2, 0.25) is 0 Å². The maximum absolute atomic E-state index is 9.62. The van der Waals surface area contributed by atoms with Crippen molar-refractivity contribution in [3.63, 3.8) is 0 Å². The quantitative estimate of drug-likeness (QED) is 0.667. The van der Waals surface area contributed by atoms with Crippen molar-refractivity contribution in [3.05, 3.63) is 53.7 Å². The van der Waals surface area contributed by atoms with Gasteiger partial charge in [-0.05, 0) is 11.6 Å². The van der Waals surface area contributed by atoms with Crippen LogP contribution in [-0.4, -0.2) is 19.7 Å². The number of pyridine rings is 1. The molecule has 0 saturated heterocycles. The van der Waals surface area contributed by atoms with Crippen molar-refractivity contribution in [1.29, 1.82) is 0 Å². The Hall–Kier alpha value is -2.47. The summed E-state index contributed by atoms with van der Waals surface area (Å²) in [6.45, 7) is -0.103. The third kappa shape index (κ3) is 2.10. The lowest BCUT2D eigenvalue weighted by molar-refractivity contribution is -0.671. The molecule has 0 unspecified atom stereocenters. The zero-order valence-corrected chi connectivity index (χ0v) is 11.2. The van der Waals surface area contributed by atoms with Gasteiger partial charge in [0.1, 0.15) is 7.05 Å². The number of aromatic nitrogens is 4. The third-order valence-electron chi connectivity index (χ3n) is 3.29. The second-order valence-corrected chi connectivity index (χ2v) is 4.78. The highest BCUT2D eigenvalue weighted by molar-refractivity contribution is 5.63. The van der Waals surface area contributed by atoms with E-state index in [1.54, 1.807) is 16.9 Å². The molecule has 102 valence electrons. The average Bonchev–Trinajstić information content (AvgIpc) is 2.80. The molecule has 0 radical (unpaired) electrons. The largest absolute Gasteiger partial charge is 0.394 e. The zero-order valence-electron chi connectivity index (χ0n) is 11.2. The van der Waals surface area contributed by atoms with Gasteiger partial charge in [-0.3, -0.25) is 0 Å². The Labute approximate surface area is 116 Å². The van der Waals surface area contributed by atoms with Gasteiger partial charge in [0.25, 0.3) is 0 Å². The lowest BCUT2D eigenvalue weighted by atomic mass is 10.1. The van der Waals surface area contributed by atoms with Crippen LogP contribution in [0.15, 0.2) is 36.9 Å². The lowest BCUT2D eigenvalue weighted by Gasteiger charge is -2.08. The van der Waals surface area contributed by atoms with Crippen LogP contribution < -0.4 is 10.3 Å². The van der Waals surface area contributed by atoms with Gasteiger partial charge in [0.15, 0.2) is 18.0 Å². The van der Waals surface area contributed by atoms with E-state index < -0.39 is 0 Å². The predicted octanol–water partition coefficient (Wildman–Crippen LogP) is 0.219. The molecule has 3 N–H and O–H groups in total. The summed E-state index contributed by atoms with van der Waals surface area (Å²) >= 11 is 0. The molecule has 3 aromatic heterocycles. The minimum Gasteiger partial charge on any atom is -0.394 e. The van der Waals surface area contributed by atoms with Gasteiger partial charge < -0.3 is 10.8 Å². The Morgan fingerprint density at radius 2 is 2.25 bits per heavy atom. The summed E-state index contributed by atoms with van der Waals surface area (Å²) in [5.74, 6) is 0. The first-order chi connectivity index (χ1) is 9.69. The zero-order chi connectivity index (χ0) is 14.1. The average molecular weight is 270 g/mol. The number of aryl methyl sites for hydroxylation is 1. The van der Waals surface area contributed by atoms with Crippen molar-refractivity contribution in [2.45, 2.75) is 13.0 Å². The number of hydrogen-bond donors (Lipinski definition) is 2. The van der Waals surface area contributed by atoms with Gasteiger partial charge in [-0.15, -0.1) is 0 Å². The van der Waals surface area contributed by atoms with E-state index in [2.05, 4.69) is 10.1 Å². The fraction of sp³-hybridized carbons (Fsp3) is 0.214. The summed E-state index contributed by atoms with van der Waals surface area (Å²) in [5, 5.41) is 13.8. The molecule has 0 aromatic carbocycles. The highest BCUT2D eigenvalue weighted by Crippen LogP contribution is 2.17. The number of rotatable bonds is 3. The van der Waals surface area contributed by atoms with Crippen LogP contribution in [0.4, 0.5) is 5.69 Å². The molecule has 0 aliphatic rings. The fourth-order valence-corrected chi connectivity index (χ4v) is 2.32. The van der Waals surface area contributed by atoms with E-state index in [9.17, 15) is 5.11 Å². The second-order valence-electron chi connectivity index (χ2n) is 4.78. The Kier molecular flexibility index (Phi) is 3.08. The van der Waals surface area contributed by atoms with E-state index >= 15 is 0 Å². The number of nitrogens with zero attached hydrogens (tertiary/aromatic N) is 4. The number of aliphatic hydroxyl groups is 1. The van der Waals surface area contributed by atoms with Crippen LogP contribution in [0.5, 0.6) is 0 Å². The normalized spacial score (nSPS) is 11.1. The van der Waals surface area contributed by atoms with Gasteiger partial charge in [-0.25, -0.2) is 14.1 Å². The van der Waals surface area contributed by atoms with Gasteiger partial charge in [-0.1, -0.05) is 0 Å². The van der Waals surface area contributed by atoms with Crippen molar-refractivity contribution in [2.75, 3.05) is 5.73 Å². The van der Waals surface area contributed by atoms with Crippen LogP contribution in [0.2, 0.25) is 0 Å². The molecule has 6 heteroatoms. The van der Waals surface area contributed by atoms with E-state index in [4.69, 9.17) is 5.73 Å². The second kappa shape index (κ2) is 4.90. The molecule has 3 rings (SSSR count). The third-order valence-corrected chi connectivity index (χ3v) is 3.29. The molecular formula is C14H16N5O+. The summed E-state index contributed by atoms with van der Waals surface area (Å²) in [6, 6.07) is 4.04. The fourth-order valence-electron chi connectivity index (χ4n) is 2.32. The summed E-state index contributed by atoms with van der Waals surface area (Å²) in [4.78, 5) is 4.33. The summed E-state index contributed by atoms with van der Waals surface area (Å²) in [7, 11) is 1.98. The first kappa shape index (κ1) is 12.6. The van der Waals surface area contributed by atoms with E-state index in [0.29, 0.717) is 17.8 Å². The molecule has 0 saturated carbocycles. The number of nitrogens with two attached hydrogens (primary N) is 1. The molecule has 0 amide bonds. The number of aliphatic hydroxyl groups excluding tert-OH is 1. The highest BCUT2D eigenvalue weighted by atomic mass is 16.3. The van der Waals surface area contributed by atoms with Crippen LogP contribution in [0.3, 0.4) is 0 Å². The molecule has 0 spiro atoms. The van der Waals surface area contributed by atoms with Crippen molar-refractivity contribution >= 4 is 11.3 Å². The molecule has 0 fully saturated rings. The van der Waals surface area contributed by atoms with E-state index in [1.807, 2.05) is 36.1 Å².